The number of halogens is 1. The SMILES string of the molecule is COC(=O)C1(Nc2ccccc2F)CC(C)N(C2CC2)C1. The molecule has 1 aliphatic carbocycles. The minimum absolute atomic E-state index is 0.288. The molecule has 1 heterocycles. The fourth-order valence-electron chi connectivity index (χ4n) is 3.35. The molecule has 1 saturated heterocycles. The van der Waals surface area contributed by atoms with Crippen molar-refractivity contribution in [3.63, 3.8) is 0 Å². The lowest BCUT2D eigenvalue weighted by Gasteiger charge is -2.29. The summed E-state index contributed by atoms with van der Waals surface area (Å²) in [4.78, 5) is 14.7. The molecule has 5 heteroatoms. The molecule has 0 aromatic heterocycles. The summed E-state index contributed by atoms with van der Waals surface area (Å²) in [5.74, 6) is -0.668. The molecular weight excluding hydrogens is 271 g/mol. The van der Waals surface area contributed by atoms with Gasteiger partial charge in [-0.2, -0.15) is 0 Å². The zero-order chi connectivity index (χ0) is 15.0. The first-order chi connectivity index (χ1) is 10.1. The van der Waals surface area contributed by atoms with Crippen molar-refractivity contribution in [3.05, 3.63) is 30.1 Å². The maximum atomic E-state index is 13.9. The Balaban J connectivity index is 1.88. The van der Waals surface area contributed by atoms with Gasteiger partial charge in [-0.05, 0) is 38.3 Å². The molecule has 1 aromatic carbocycles. The van der Waals surface area contributed by atoms with Crippen molar-refractivity contribution < 1.29 is 13.9 Å². The Labute approximate surface area is 124 Å². The molecule has 1 aliphatic heterocycles. The van der Waals surface area contributed by atoms with E-state index in [9.17, 15) is 9.18 Å². The number of rotatable bonds is 4. The van der Waals surface area contributed by atoms with E-state index in [0.29, 0.717) is 24.7 Å². The second-order valence-electron chi connectivity index (χ2n) is 6.14. The Morgan fingerprint density at radius 1 is 1.43 bits per heavy atom. The van der Waals surface area contributed by atoms with Gasteiger partial charge in [0.1, 0.15) is 11.4 Å². The van der Waals surface area contributed by atoms with E-state index in [2.05, 4.69) is 17.1 Å². The molecule has 1 saturated carbocycles. The Hall–Kier alpha value is -1.62. The van der Waals surface area contributed by atoms with Gasteiger partial charge in [0.15, 0.2) is 0 Å². The molecule has 2 unspecified atom stereocenters. The summed E-state index contributed by atoms with van der Waals surface area (Å²) in [6.07, 6.45) is 2.99. The molecule has 0 amide bonds. The Morgan fingerprint density at radius 3 is 2.76 bits per heavy atom. The van der Waals surface area contributed by atoms with Gasteiger partial charge < -0.3 is 10.1 Å². The number of nitrogens with zero attached hydrogens (tertiary/aromatic N) is 1. The second-order valence-corrected chi connectivity index (χ2v) is 6.14. The summed E-state index contributed by atoms with van der Waals surface area (Å²) < 4.78 is 18.9. The minimum Gasteiger partial charge on any atom is -0.467 e. The second kappa shape index (κ2) is 5.30. The molecule has 2 atom stereocenters. The van der Waals surface area contributed by atoms with E-state index >= 15 is 0 Å². The smallest absolute Gasteiger partial charge is 0.332 e. The van der Waals surface area contributed by atoms with Crippen LogP contribution in [0.2, 0.25) is 0 Å². The summed E-state index contributed by atoms with van der Waals surface area (Å²) in [5, 5.41) is 3.13. The van der Waals surface area contributed by atoms with E-state index < -0.39 is 5.54 Å². The lowest BCUT2D eigenvalue weighted by Crippen LogP contribution is -2.49. The van der Waals surface area contributed by atoms with Crippen LogP contribution in [-0.4, -0.2) is 42.1 Å². The van der Waals surface area contributed by atoms with E-state index in [4.69, 9.17) is 4.74 Å². The van der Waals surface area contributed by atoms with Crippen LogP contribution in [0.25, 0.3) is 0 Å². The number of para-hydroxylation sites is 1. The number of hydrogen-bond donors (Lipinski definition) is 1. The monoisotopic (exact) mass is 292 g/mol. The summed E-state index contributed by atoms with van der Waals surface area (Å²) in [7, 11) is 1.39. The van der Waals surface area contributed by atoms with Gasteiger partial charge >= 0.3 is 5.97 Å². The largest absolute Gasteiger partial charge is 0.467 e. The number of nitrogens with one attached hydrogen (secondary N) is 1. The van der Waals surface area contributed by atoms with E-state index in [0.717, 1.165) is 0 Å². The number of hydrogen-bond acceptors (Lipinski definition) is 4. The highest BCUT2D eigenvalue weighted by Crippen LogP contribution is 2.39. The number of esters is 1. The molecule has 0 bridgehead atoms. The number of methoxy groups -OCH3 is 1. The molecule has 114 valence electrons. The first-order valence-electron chi connectivity index (χ1n) is 7.42. The number of carbonyl (C=O) groups is 1. The Bertz CT molecular complexity index is 547. The summed E-state index contributed by atoms with van der Waals surface area (Å²) in [5.41, 5.74) is -0.508. The van der Waals surface area contributed by atoms with Gasteiger partial charge in [0.2, 0.25) is 0 Å². The zero-order valence-electron chi connectivity index (χ0n) is 12.4. The Kier molecular flexibility index (Phi) is 3.61. The van der Waals surface area contributed by atoms with E-state index in [1.807, 2.05) is 0 Å². The zero-order valence-corrected chi connectivity index (χ0v) is 12.4. The first kappa shape index (κ1) is 14.3. The molecule has 1 N–H and O–H groups in total. The van der Waals surface area contributed by atoms with Crippen LogP contribution >= 0.6 is 0 Å². The topological polar surface area (TPSA) is 41.6 Å². The van der Waals surface area contributed by atoms with E-state index in [1.54, 1.807) is 18.2 Å². The van der Waals surface area contributed by atoms with E-state index in [1.165, 1.54) is 26.0 Å². The third-order valence-electron chi connectivity index (χ3n) is 4.50. The predicted octanol–water partition coefficient (Wildman–Crippen LogP) is 2.41. The van der Waals surface area contributed by atoms with Gasteiger partial charge in [-0.3, -0.25) is 4.90 Å². The van der Waals surface area contributed by atoms with Gasteiger partial charge in [0, 0.05) is 18.6 Å². The average Bonchev–Trinajstić information content (AvgIpc) is 3.25. The quantitative estimate of drug-likeness (QED) is 0.865. The molecule has 0 radical (unpaired) electrons. The maximum Gasteiger partial charge on any atom is 0.332 e. The average molecular weight is 292 g/mol. The van der Waals surface area contributed by atoms with Gasteiger partial charge in [0.05, 0.1) is 12.8 Å². The first-order valence-corrected chi connectivity index (χ1v) is 7.42. The molecule has 2 aliphatic rings. The van der Waals surface area contributed by atoms with Crippen LogP contribution in [0.1, 0.15) is 26.2 Å². The molecule has 2 fully saturated rings. The van der Waals surface area contributed by atoms with Crippen LogP contribution in [0, 0.1) is 5.82 Å². The molecular formula is C16H21FN2O2. The van der Waals surface area contributed by atoms with Crippen molar-refractivity contribution in [3.8, 4) is 0 Å². The van der Waals surface area contributed by atoms with Crippen LogP contribution in [0.3, 0.4) is 0 Å². The number of carbonyl (C=O) groups excluding carboxylic acids is 1. The van der Waals surface area contributed by atoms with Gasteiger partial charge in [-0.15, -0.1) is 0 Å². The van der Waals surface area contributed by atoms with Gasteiger partial charge in [-0.25, -0.2) is 9.18 Å². The molecule has 3 rings (SSSR count). The standard InChI is InChI=1S/C16H21FN2O2/c1-11-9-16(15(20)21-2,10-19(11)12-7-8-12)18-14-6-4-3-5-13(14)17/h3-6,11-12,18H,7-10H2,1-2H3. The number of benzene rings is 1. The van der Waals surface area contributed by atoms with Crippen molar-refractivity contribution in [2.24, 2.45) is 0 Å². The van der Waals surface area contributed by atoms with Crippen LogP contribution in [0.5, 0.6) is 0 Å². The van der Waals surface area contributed by atoms with E-state index in [-0.39, 0.29) is 17.8 Å². The summed E-state index contributed by atoms with van der Waals surface area (Å²) >= 11 is 0. The maximum absolute atomic E-state index is 13.9. The highest BCUT2D eigenvalue weighted by Gasteiger charge is 2.52. The summed E-state index contributed by atoms with van der Waals surface area (Å²) in [6.45, 7) is 2.69. The fourth-order valence-corrected chi connectivity index (χ4v) is 3.35. The van der Waals surface area contributed by atoms with Crippen molar-refractivity contribution in [1.82, 2.24) is 4.90 Å². The number of ether oxygens (including phenoxy) is 1. The van der Waals surface area contributed by atoms with Crippen molar-refractivity contribution >= 4 is 11.7 Å². The minimum atomic E-state index is -0.862. The van der Waals surface area contributed by atoms with Crippen molar-refractivity contribution in [1.29, 1.82) is 0 Å². The highest BCUT2D eigenvalue weighted by atomic mass is 19.1. The van der Waals surface area contributed by atoms with Crippen molar-refractivity contribution in [2.75, 3.05) is 19.0 Å². The third-order valence-corrected chi connectivity index (χ3v) is 4.50. The lowest BCUT2D eigenvalue weighted by atomic mass is 9.95. The Morgan fingerprint density at radius 2 is 2.14 bits per heavy atom. The highest BCUT2D eigenvalue weighted by molar-refractivity contribution is 5.85. The molecule has 1 aromatic rings. The predicted molar refractivity (Wildman–Crippen MR) is 78.6 cm³/mol. The third kappa shape index (κ3) is 2.62. The lowest BCUT2D eigenvalue weighted by molar-refractivity contribution is -0.145. The van der Waals surface area contributed by atoms with Crippen LogP contribution in [-0.2, 0) is 9.53 Å². The molecule has 21 heavy (non-hydrogen) atoms. The number of likely N-dealkylation sites (tertiary alicyclic amines) is 1. The molecule has 4 nitrogen and oxygen atoms in total. The normalized spacial score (nSPS) is 29.4. The fraction of sp³-hybridized carbons (Fsp3) is 0.562. The van der Waals surface area contributed by atoms with Gasteiger partial charge in [-0.1, -0.05) is 12.1 Å². The van der Waals surface area contributed by atoms with Crippen LogP contribution in [0.15, 0.2) is 24.3 Å². The number of anilines is 1. The summed E-state index contributed by atoms with van der Waals surface area (Å²) in [6, 6.07) is 7.30. The van der Waals surface area contributed by atoms with Crippen LogP contribution in [0.4, 0.5) is 10.1 Å². The molecule has 0 spiro atoms. The van der Waals surface area contributed by atoms with Crippen LogP contribution < -0.4 is 5.32 Å². The van der Waals surface area contributed by atoms with Gasteiger partial charge in [0.25, 0.3) is 0 Å². The van der Waals surface area contributed by atoms with Crippen molar-refractivity contribution in [2.45, 2.75) is 43.8 Å².